The van der Waals surface area contributed by atoms with Gasteiger partial charge in [-0.3, -0.25) is 9.59 Å². The second-order valence-corrected chi connectivity index (χ2v) is 8.72. The van der Waals surface area contributed by atoms with E-state index >= 15 is 0 Å². The summed E-state index contributed by atoms with van der Waals surface area (Å²) in [5, 5.41) is 15.2. The third-order valence-electron chi connectivity index (χ3n) is 6.51. The molecule has 2 amide bonds. The zero-order chi connectivity index (χ0) is 24.2. The number of aromatic nitrogens is 1. The summed E-state index contributed by atoms with van der Waals surface area (Å²) in [6.07, 6.45) is 5.26. The Kier molecular flexibility index (Phi) is 6.87. The van der Waals surface area contributed by atoms with Gasteiger partial charge in [0.25, 0.3) is 5.91 Å². The van der Waals surface area contributed by atoms with Crippen molar-refractivity contribution < 1.29 is 23.9 Å². The van der Waals surface area contributed by atoms with E-state index in [1.54, 1.807) is 18.2 Å². The Morgan fingerprint density at radius 3 is 2.71 bits per heavy atom. The molecule has 178 valence electrons. The van der Waals surface area contributed by atoms with Gasteiger partial charge in [-0.2, -0.15) is 5.26 Å². The number of hydrogen-bond donors (Lipinski definition) is 2. The maximum absolute atomic E-state index is 12.5. The quantitative estimate of drug-likeness (QED) is 0.605. The van der Waals surface area contributed by atoms with Gasteiger partial charge in [0.05, 0.1) is 5.56 Å². The van der Waals surface area contributed by atoms with Gasteiger partial charge in [-0.15, -0.1) is 0 Å². The number of nitrogens with one attached hydrogen (secondary N) is 2. The number of benzene rings is 1. The van der Waals surface area contributed by atoms with Crippen molar-refractivity contribution in [2.45, 2.75) is 58.4 Å². The van der Waals surface area contributed by atoms with Gasteiger partial charge in [0.2, 0.25) is 5.91 Å². The van der Waals surface area contributed by atoms with Crippen molar-refractivity contribution in [2.24, 2.45) is 0 Å². The Labute approximate surface area is 198 Å². The van der Waals surface area contributed by atoms with Crippen LogP contribution in [0.5, 0.6) is 5.75 Å². The predicted molar refractivity (Wildman–Crippen MR) is 125 cm³/mol. The number of carbonyl (C=O) groups excluding carboxylic acids is 3. The lowest BCUT2D eigenvalue weighted by molar-refractivity contribution is -0.149. The molecule has 0 unspecified atom stereocenters. The lowest BCUT2D eigenvalue weighted by atomic mass is 10.0. The lowest BCUT2D eigenvalue weighted by Crippen LogP contribution is -2.25. The molecule has 2 aromatic rings. The van der Waals surface area contributed by atoms with E-state index in [-0.39, 0.29) is 18.6 Å². The molecule has 2 heterocycles. The molecule has 1 aliphatic heterocycles. The standard InChI is InChI=1S/C25H28N4O5/c1-15-16(2)29(18-5-3-4-6-18)25(20(15)12-26)28-23(31)13-34-24(32)14-33-19-8-9-21-17(11-19)7-10-22(30)27-21/h8-9,11,18H,3-7,10,13-14H2,1-2H3,(H,27,30)(H,28,31). The first-order valence-corrected chi connectivity index (χ1v) is 11.5. The van der Waals surface area contributed by atoms with E-state index in [1.807, 2.05) is 18.4 Å². The number of esters is 1. The fourth-order valence-corrected chi connectivity index (χ4v) is 4.65. The molecule has 0 saturated heterocycles. The predicted octanol–water partition coefficient (Wildman–Crippen LogP) is 3.54. The third kappa shape index (κ3) is 4.91. The van der Waals surface area contributed by atoms with Gasteiger partial charge in [-0.05, 0) is 62.4 Å². The van der Waals surface area contributed by atoms with Crippen LogP contribution in [0.3, 0.4) is 0 Å². The lowest BCUT2D eigenvalue weighted by Gasteiger charge is -2.19. The number of nitrogens with zero attached hydrogens (tertiary/aromatic N) is 2. The molecule has 1 saturated carbocycles. The van der Waals surface area contributed by atoms with Crippen LogP contribution in [-0.4, -0.2) is 35.6 Å². The van der Waals surface area contributed by atoms with Gasteiger partial charge in [0, 0.05) is 23.8 Å². The van der Waals surface area contributed by atoms with Gasteiger partial charge in [-0.1, -0.05) is 12.8 Å². The molecular weight excluding hydrogens is 436 g/mol. The summed E-state index contributed by atoms with van der Waals surface area (Å²) < 4.78 is 12.6. The molecule has 34 heavy (non-hydrogen) atoms. The van der Waals surface area contributed by atoms with E-state index in [4.69, 9.17) is 9.47 Å². The van der Waals surface area contributed by atoms with Crippen LogP contribution in [0.25, 0.3) is 0 Å². The normalized spacial score (nSPS) is 15.3. The van der Waals surface area contributed by atoms with Crippen molar-refractivity contribution in [3.05, 3.63) is 40.6 Å². The molecule has 2 N–H and O–H groups in total. The first-order chi connectivity index (χ1) is 16.4. The Morgan fingerprint density at radius 2 is 1.97 bits per heavy atom. The highest BCUT2D eigenvalue weighted by molar-refractivity contribution is 5.94. The van der Waals surface area contributed by atoms with E-state index in [1.165, 1.54) is 0 Å². The number of amides is 2. The molecule has 1 aliphatic carbocycles. The minimum Gasteiger partial charge on any atom is -0.482 e. The number of anilines is 2. The van der Waals surface area contributed by atoms with Crippen LogP contribution >= 0.6 is 0 Å². The van der Waals surface area contributed by atoms with Crippen molar-refractivity contribution in [1.29, 1.82) is 5.26 Å². The van der Waals surface area contributed by atoms with Gasteiger partial charge in [-0.25, -0.2) is 4.79 Å². The summed E-state index contributed by atoms with van der Waals surface area (Å²) in [4.78, 5) is 36.1. The van der Waals surface area contributed by atoms with Gasteiger partial charge >= 0.3 is 5.97 Å². The van der Waals surface area contributed by atoms with Gasteiger partial charge in [0.15, 0.2) is 13.2 Å². The number of rotatable bonds is 7. The molecule has 4 rings (SSSR count). The second-order valence-electron chi connectivity index (χ2n) is 8.72. The molecule has 1 aromatic heterocycles. The smallest absolute Gasteiger partial charge is 0.344 e. The Hall–Kier alpha value is -3.80. The zero-order valence-electron chi connectivity index (χ0n) is 19.4. The number of nitriles is 1. The first-order valence-electron chi connectivity index (χ1n) is 11.5. The highest BCUT2D eigenvalue weighted by Crippen LogP contribution is 2.37. The number of carbonyl (C=O) groups is 3. The molecule has 2 aliphatic rings. The molecule has 9 nitrogen and oxygen atoms in total. The average Bonchev–Trinajstić information content (AvgIpc) is 3.43. The van der Waals surface area contributed by atoms with Crippen LogP contribution in [-0.2, 0) is 25.5 Å². The largest absolute Gasteiger partial charge is 0.482 e. The maximum atomic E-state index is 12.5. The summed E-state index contributed by atoms with van der Waals surface area (Å²) in [5.41, 5.74) is 3.94. The molecule has 9 heteroatoms. The zero-order valence-corrected chi connectivity index (χ0v) is 19.4. The molecule has 0 radical (unpaired) electrons. The Bertz CT molecular complexity index is 1170. The molecule has 0 spiro atoms. The van der Waals surface area contributed by atoms with Crippen molar-refractivity contribution in [3.63, 3.8) is 0 Å². The number of hydrogen-bond acceptors (Lipinski definition) is 6. The minimum absolute atomic E-state index is 0.0225. The molecule has 1 fully saturated rings. The van der Waals surface area contributed by atoms with Crippen molar-refractivity contribution in [1.82, 2.24) is 4.57 Å². The van der Waals surface area contributed by atoms with E-state index in [9.17, 15) is 19.6 Å². The summed E-state index contributed by atoms with van der Waals surface area (Å²) in [6.45, 7) is 3.01. The van der Waals surface area contributed by atoms with Crippen LogP contribution in [0.4, 0.5) is 11.5 Å². The van der Waals surface area contributed by atoms with Crippen molar-refractivity contribution >= 4 is 29.3 Å². The third-order valence-corrected chi connectivity index (χ3v) is 6.51. The topological polar surface area (TPSA) is 122 Å². The van der Waals surface area contributed by atoms with Crippen molar-refractivity contribution in [3.8, 4) is 11.8 Å². The first kappa shape index (κ1) is 23.4. The van der Waals surface area contributed by atoms with Crippen LogP contribution in [0.1, 0.15) is 60.5 Å². The van der Waals surface area contributed by atoms with Gasteiger partial charge in [0.1, 0.15) is 17.6 Å². The highest BCUT2D eigenvalue weighted by Gasteiger charge is 2.27. The van der Waals surface area contributed by atoms with E-state index in [0.717, 1.165) is 48.2 Å². The van der Waals surface area contributed by atoms with Crippen LogP contribution in [0.2, 0.25) is 0 Å². The van der Waals surface area contributed by atoms with Crippen LogP contribution < -0.4 is 15.4 Å². The Morgan fingerprint density at radius 1 is 1.21 bits per heavy atom. The van der Waals surface area contributed by atoms with Crippen LogP contribution in [0.15, 0.2) is 18.2 Å². The minimum atomic E-state index is -0.680. The molecular formula is C25H28N4O5. The SMILES string of the molecule is Cc1c(C#N)c(NC(=O)COC(=O)COc2ccc3c(c2)CCC(=O)N3)n(C2CCCC2)c1C. The van der Waals surface area contributed by atoms with E-state index in [0.29, 0.717) is 30.0 Å². The number of aryl methyl sites for hydroxylation is 1. The maximum Gasteiger partial charge on any atom is 0.344 e. The summed E-state index contributed by atoms with van der Waals surface area (Å²) in [7, 11) is 0. The summed E-state index contributed by atoms with van der Waals surface area (Å²) >= 11 is 0. The van der Waals surface area contributed by atoms with Gasteiger partial charge < -0.3 is 24.7 Å². The highest BCUT2D eigenvalue weighted by atomic mass is 16.6. The second kappa shape index (κ2) is 10.00. The fourth-order valence-electron chi connectivity index (χ4n) is 4.65. The number of fused-ring (bicyclic) bond motifs is 1. The summed E-state index contributed by atoms with van der Waals surface area (Å²) in [5.74, 6) is -0.254. The van der Waals surface area contributed by atoms with Crippen molar-refractivity contribution in [2.75, 3.05) is 23.8 Å². The van der Waals surface area contributed by atoms with Crippen LogP contribution in [0, 0.1) is 25.2 Å². The van der Waals surface area contributed by atoms with E-state index in [2.05, 4.69) is 16.7 Å². The molecule has 1 aromatic carbocycles. The molecule has 0 bridgehead atoms. The monoisotopic (exact) mass is 464 g/mol. The number of ether oxygens (including phenoxy) is 2. The fraction of sp³-hybridized carbons (Fsp3) is 0.440. The Balaban J connectivity index is 1.32. The average molecular weight is 465 g/mol. The molecule has 0 atom stereocenters. The summed E-state index contributed by atoms with van der Waals surface area (Å²) in [6, 6.07) is 7.62. The van der Waals surface area contributed by atoms with E-state index < -0.39 is 18.5 Å².